The van der Waals surface area contributed by atoms with E-state index in [9.17, 15) is 15.3 Å². The number of phenolic OH excluding ortho intramolecular Hbond substituents is 3. The van der Waals surface area contributed by atoms with E-state index in [1.807, 2.05) is 0 Å². The van der Waals surface area contributed by atoms with Gasteiger partial charge in [0.25, 0.3) is 0 Å². The fourth-order valence-electron chi connectivity index (χ4n) is 5.78. The summed E-state index contributed by atoms with van der Waals surface area (Å²) in [5, 5.41) is 34.4. The molecule has 3 N–H and O–H groups in total. The molecule has 0 radical (unpaired) electrons. The maximum atomic E-state index is 11.8. The predicted octanol–water partition coefficient (Wildman–Crippen LogP) is 10.5. The molecule has 0 spiro atoms. The number of rotatable bonds is 4. The molecule has 3 aromatic carbocycles. The molecular weight excluding hydrogens is 528 g/mol. The highest BCUT2D eigenvalue weighted by molar-refractivity contribution is 5.55. The Balaban J connectivity index is 2.25. The van der Waals surface area contributed by atoms with Crippen molar-refractivity contribution in [3.8, 4) is 17.2 Å². The fourth-order valence-corrected chi connectivity index (χ4v) is 5.78. The first-order valence-corrected chi connectivity index (χ1v) is 15.8. The molecule has 0 aliphatic heterocycles. The monoisotopic (exact) mass is 586 g/mol. The van der Waals surface area contributed by atoms with Crippen molar-refractivity contribution in [3.63, 3.8) is 0 Å². The van der Waals surface area contributed by atoms with Crippen LogP contribution < -0.4 is 0 Å². The maximum Gasteiger partial charge on any atom is 0.123 e. The molecule has 0 saturated carbocycles. The highest BCUT2D eigenvalue weighted by atomic mass is 16.3. The highest BCUT2D eigenvalue weighted by Gasteiger charge is 2.29. The van der Waals surface area contributed by atoms with Crippen LogP contribution in [0.25, 0.3) is 0 Å². The third-order valence-electron chi connectivity index (χ3n) is 8.49. The Labute approximate surface area is 262 Å². The fraction of sp³-hybridized carbons (Fsp3) is 0.550. The zero-order valence-corrected chi connectivity index (χ0v) is 29.7. The summed E-state index contributed by atoms with van der Waals surface area (Å²) < 4.78 is 0. The van der Waals surface area contributed by atoms with Crippen molar-refractivity contribution >= 4 is 0 Å². The second-order valence-electron chi connectivity index (χ2n) is 17.8. The third kappa shape index (κ3) is 7.78. The Kier molecular flexibility index (Phi) is 9.00. The minimum Gasteiger partial charge on any atom is -0.507 e. The van der Waals surface area contributed by atoms with Crippen molar-refractivity contribution in [2.75, 3.05) is 0 Å². The van der Waals surface area contributed by atoms with Gasteiger partial charge in [0.15, 0.2) is 0 Å². The summed E-state index contributed by atoms with van der Waals surface area (Å²) in [6.45, 7) is 32.2. The molecule has 0 amide bonds. The van der Waals surface area contributed by atoms with Gasteiger partial charge in [0.2, 0.25) is 0 Å². The summed E-state index contributed by atoms with van der Waals surface area (Å²) in [6, 6.07) is 12.7. The van der Waals surface area contributed by atoms with Crippen molar-refractivity contribution in [3.05, 3.63) is 86.5 Å². The van der Waals surface area contributed by atoms with Gasteiger partial charge in [0.05, 0.1) is 0 Å². The van der Waals surface area contributed by atoms with Crippen molar-refractivity contribution in [1.29, 1.82) is 0 Å². The summed E-state index contributed by atoms with van der Waals surface area (Å²) in [4.78, 5) is 0. The molecule has 0 atom stereocenters. The Hall–Kier alpha value is -2.94. The average Bonchev–Trinajstić information content (AvgIpc) is 2.79. The average molecular weight is 587 g/mol. The van der Waals surface area contributed by atoms with Crippen LogP contribution in [0.2, 0.25) is 0 Å². The summed E-state index contributed by atoms with van der Waals surface area (Å²) in [6.07, 6.45) is 1.12. The van der Waals surface area contributed by atoms with Crippen molar-refractivity contribution in [2.24, 2.45) is 0 Å². The van der Waals surface area contributed by atoms with Crippen LogP contribution in [0, 0.1) is 0 Å². The van der Waals surface area contributed by atoms with E-state index in [-0.39, 0.29) is 27.1 Å². The zero-order valence-electron chi connectivity index (χ0n) is 29.7. The lowest BCUT2D eigenvalue weighted by Crippen LogP contribution is -2.18. The summed E-state index contributed by atoms with van der Waals surface area (Å²) >= 11 is 0. The third-order valence-corrected chi connectivity index (χ3v) is 8.49. The lowest BCUT2D eigenvalue weighted by Gasteiger charge is -2.29. The van der Waals surface area contributed by atoms with Crippen molar-refractivity contribution < 1.29 is 15.3 Å². The Morgan fingerprint density at radius 1 is 0.372 bits per heavy atom. The Bertz CT molecular complexity index is 1310. The van der Waals surface area contributed by atoms with Gasteiger partial charge in [-0.1, -0.05) is 140 Å². The van der Waals surface area contributed by atoms with E-state index < -0.39 is 0 Å². The molecule has 3 aromatic rings. The zero-order chi connectivity index (χ0) is 33.1. The van der Waals surface area contributed by atoms with Gasteiger partial charge in [-0.3, -0.25) is 0 Å². The van der Waals surface area contributed by atoms with Crippen LogP contribution in [-0.4, -0.2) is 15.3 Å². The van der Waals surface area contributed by atoms with E-state index in [0.717, 1.165) is 44.5 Å². The predicted molar refractivity (Wildman–Crippen MR) is 183 cm³/mol. The first-order chi connectivity index (χ1) is 19.2. The molecule has 0 aliphatic rings. The topological polar surface area (TPSA) is 60.7 Å². The van der Waals surface area contributed by atoms with Gasteiger partial charge in [-0.15, -0.1) is 0 Å². The smallest absolute Gasteiger partial charge is 0.123 e. The molecule has 3 heteroatoms. The summed E-state index contributed by atoms with van der Waals surface area (Å²) in [5.74, 6) is 1.06. The minimum atomic E-state index is -0.227. The quantitative estimate of drug-likeness (QED) is 0.285. The number of benzene rings is 3. The molecule has 0 aromatic heterocycles. The summed E-state index contributed by atoms with van der Waals surface area (Å²) in [7, 11) is 0. The normalized spacial score (nSPS) is 13.5. The van der Waals surface area contributed by atoms with E-state index in [2.05, 4.69) is 140 Å². The SMILES string of the molecule is CC(C)(C)c1cc(Cc2cc(C(C)(C)C)c(O)c(C(C)(C)C)c2)c(O)c(Cc2cc(C(C)(C)C)c(O)c(C(C)(C)C)c2)c1. The summed E-state index contributed by atoms with van der Waals surface area (Å²) in [5.41, 5.74) is 7.79. The first kappa shape index (κ1) is 34.5. The van der Waals surface area contributed by atoms with Gasteiger partial charge in [-0.2, -0.15) is 0 Å². The largest absolute Gasteiger partial charge is 0.507 e. The van der Waals surface area contributed by atoms with Gasteiger partial charge < -0.3 is 15.3 Å². The lowest BCUT2D eigenvalue weighted by molar-refractivity contribution is 0.422. The minimum absolute atomic E-state index is 0.110. The Morgan fingerprint density at radius 3 is 0.837 bits per heavy atom. The molecular formula is C40H58O3. The molecule has 0 unspecified atom stereocenters. The molecule has 3 rings (SSSR count). The standard InChI is InChI=1S/C40H58O3/c1-36(2,3)28-22-26(16-24-18-29(37(4,5)6)34(42)30(19-24)38(7,8)9)33(41)27(23-28)17-25-20-31(39(10,11)12)35(43)32(21-25)40(13,14)15/h18-23,41-43H,16-17H2,1-15H3. The number of hydrogen-bond donors (Lipinski definition) is 3. The van der Waals surface area contributed by atoms with Crippen LogP contribution in [0.4, 0.5) is 0 Å². The van der Waals surface area contributed by atoms with Gasteiger partial charge in [-0.05, 0) is 77.1 Å². The lowest BCUT2D eigenvalue weighted by atomic mass is 9.77. The van der Waals surface area contributed by atoms with E-state index in [1.54, 1.807) is 0 Å². The molecule has 0 aliphatic carbocycles. The van der Waals surface area contributed by atoms with Gasteiger partial charge in [0.1, 0.15) is 17.2 Å². The van der Waals surface area contributed by atoms with Crippen LogP contribution >= 0.6 is 0 Å². The van der Waals surface area contributed by atoms with E-state index in [4.69, 9.17) is 0 Å². The van der Waals surface area contributed by atoms with E-state index in [1.165, 1.54) is 5.56 Å². The maximum absolute atomic E-state index is 11.8. The molecule has 0 saturated heterocycles. The first-order valence-electron chi connectivity index (χ1n) is 15.8. The second kappa shape index (κ2) is 11.2. The van der Waals surface area contributed by atoms with E-state index in [0.29, 0.717) is 30.1 Å². The van der Waals surface area contributed by atoms with Crippen LogP contribution in [0.3, 0.4) is 0 Å². The molecule has 43 heavy (non-hydrogen) atoms. The van der Waals surface area contributed by atoms with Gasteiger partial charge in [-0.25, -0.2) is 0 Å². The number of aromatic hydroxyl groups is 3. The van der Waals surface area contributed by atoms with Crippen molar-refractivity contribution in [1.82, 2.24) is 0 Å². The molecule has 236 valence electrons. The van der Waals surface area contributed by atoms with E-state index >= 15 is 0 Å². The van der Waals surface area contributed by atoms with Crippen LogP contribution in [0.1, 0.15) is 154 Å². The molecule has 3 nitrogen and oxygen atoms in total. The molecule has 0 bridgehead atoms. The number of phenols is 3. The number of hydrogen-bond acceptors (Lipinski definition) is 3. The highest BCUT2D eigenvalue weighted by Crippen LogP contribution is 2.43. The van der Waals surface area contributed by atoms with Gasteiger partial charge in [0, 0.05) is 12.8 Å². The van der Waals surface area contributed by atoms with Crippen LogP contribution in [-0.2, 0) is 39.9 Å². The van der Waals surface area contributed by atoms with Crippen LogP contribution in [0.15, 0.2) is 36.4 Å². The second-order valence-corrected chi connectivity index (χ2v) is 17.8. The van der Waals surface area contributed by atoms with Gasteiger partial charge >= 0.3 is 0 Å². The van der Waals surface area contributed by atoms with Crippen LogP contribution in [0.5, 0.6) is 17.2 Å². The molecule has 0 heterocycles. The van der Waals surface area contributed by atoms with Crippen molar-refractivity contribution in [2.45, 2.75) is 144 Å². The Morgan fingerprint density at radius 2 is 0.628 bits per heavy atom. The molecule has 0 fully saturated rings.